The number of sulfonamides is 1. The number of carbonyl (C=O) groups excluding carboxylic acids is 1. The summed E-state index contributed by atoms with van der Waals surface area (Å²) in [5, 5.41) is 2.62. The van der Waals surface area contributed by atoms with Gasteiger partial charge in [-0.1, -0.05) is 12.5 Å². The van der Waals surface area contributed by atoms with Crippen molar-refractivity contribution in [2.75, 3.05) is 13.1 Å². The molecule has 1 aromatic heterocycles. The Morgan fingerprint density at radius 2 is 1.81 bits per heavy atom. The topological polar surface area (TPSA) is 84.3 Å². The zero-order chi connectivity index (χ0) is 22.7. The molecule has 1 N–H and O–H groups in total. The maximum Gasteiger partial charge on any atom is 0.251 e. The van der Waals surface area contributed by atoms with Crippen molar-refractivity contribution in [1.29, 1.82) is 0 Å². The molecule has 0 atom stereocenters. The number of amides is 1. The molecule has 1 aliphatic heterocycles. The number of benzene rings is 2. The van der Waals surface area contributed by atoms with E-state index < -0.39 is 32.5 Å². The molecule has 1 saturated heterocycles. The van der Waals surface area contributed by atoms with Gasteiger partial charge < -0.3 is 9.88 Å². The van der Waals surface area contributed by atoms with E-state index in [4.69, 9.17) is 0 Å². The lowest BCUT2D eigenvalue weighted by Crippen LogP contribution is -2.36. The maximum absolute atomic E-state index is 14.4. The third-order valence-corrected chi connectivity index (χ3v) is 7.29. The number of rotatable bonds is 6. The van der Waals surface area contributed by atoms with Gasteiger partial charge in [0.05, 0.1) is 12.0 Å². The first-order chi connectivity index (χ1) is 15.4. The second-order valence-corrected chi connectivity index (χ2v) is 9.45. The maximum atomic E-state index is 14.4. The Kier molecular flexibility index (Phi) is 6.33. The highest BCUT2D eigenvalue weighted by atomic mass is 32.2. The SMILES string of the molecule is O=C(NCc1ccc(-n2ccnc2)c(F)c1)c1ccc(F)c(S(=O)(=O)N2CCCCC2)c1. The Bertz CT molecular complexity index is 1220. The number of nitrogens with one attached hydrogen (secondary N) is 1. The molecular formula is C22H22F2N4O3S. The van der Waals surface area contributed by atoms with Crippen LogP contribution in [0.2, 0.25) is 0 Å². The summed E-state index contributed by atoms with van der Waals surface area (Å²) in [7, 11) is -4.03. The Labute approximate surface area is 184 Å². The van der Waals surface area contributed by atoms with Crippen LogP contribution >= 0.6 is 0 Å². The first kappa shape index (κ1) is 22.1. The van der Waals surface area contributed by atoms with Crippen LogP contribution < -0.4 is 5.32 Å². The molecule has 0 radical (unpaired) electrons. The fourth-order valence-electron chi connectivity index (χ4n) is 3.64. The summed E-state index contributed by atoms with van der Waals surface area (Å²) in [6, 6.07) is 7.78. The van der Waals surface area contributed by atoms with Crippen LogP contribution in [0.5, 0.6) is 0 Å². The number of halogens is 2. The van der Waals surface area contributed by atoms with Gasteiger partial charge in [0, 0.05) is 37.6 Å². The van der Waals surface area contributed by atoms with Crippen molar-refractivity contribution in [2.24, 2.45) is 0 Å². The Morgan fingerprint density at radius 1 is 1.03 bits per heavy atom. The van der Waals surface area contributed by atoms with Crippen LogP contribution in [-0.2, 0) is 16.6 Å². The standard InChI is InChI=1S/C22H22F2N4O3S/c23-18-6-5-17(13-21(18)32(30,31)28-9-2-1-3-10-28)22(29)26-14-16-4-7-20(19(24)12-16)27-11-8-25-15-27/h4-8,11-13,15H,1-3,9-10,14H2,(H,26,29). The molecule has 0 bridgehead atoms. The van der Waals surface area contributed by atoms with Gasteiger partial charge in [0.15, 0.2) is 0 Å². The van der Waals surface area contributed by atoms with Gasteiger partial charge in [0.1, 0.15) is 16.5 Å². The van der Waals surface area contributed by atoms with E-state index in [1.807, 2.05) is 0 Å². The van der Waals surface area contributed by atoms with Crippen LogP contribution in [0.15, 0.2) is 60.0 Å². The molecule has 0 spiro atoms. The van der Waals surface area contributed by atoms with Crippen molar-refractivity contribution in [3.63, 3.8) is 0 Å². The van der Waals surface area contributed by atoms with Gasteiger partial charge in [-0.15, -0.1) is 0 Å². The minimum Gasteiger partial charge on any atom is -0.348 e. The lowest BCUT2D eigenvalue weighted by molar-refractivity contribution is 0.0950. The van der Waals surface area contributed by atoms with Crippen LogP contribution in [0, 0.1) is 11.6 Å². The molecule has 0 saturated carbocycles. The monoisotopic (exact) mass is 460 g/mol. The van der Waals surface area contributed by atoms with E-state index in [-0.39, 0.29) is 12.1 Å². The van der Waals surface area contributed by atoms with E-state index in [1.165, 1.54) is 33.5 Å². The summed E-state index contributed by atoms with van der Waals surface area (Å²) < 4.78 is 57.2. The van der Waals surface area contributed by atoms with E-state index in [9.17, 15) is 22.0 Å². The third-order valence-electron chi connectivity index (χ3n) is 5.37. The molecule has 1 amide bonds. The Balaban J connectivity index is 1.48. The fraction of sp³-hybridized carbons (Fsp3) is 0.273. The smallest absolute Gasteiger partial charge is 0.251 e. The van der Waals surface area contributed by atoms with Crippen LogP contribution in [0.4, 0.5) is 8.78 Å². The number of carbonyl (C=O) groups is 1. The summed E-state index contributed by atoms with van der Waals surface area (Å²) in [4.78, 5) is 15.9. The van der Waals surface area contributed by atoms with Crippen molar-refractivity contribution in [3.05, 3.63) is 77.9 Å². The van der Waals surface area contributed by atoms with Gasteiger partial charge in [0.25, 0.3) is 5.91 Å². The molecule has 168 valence electrons. The molecule has 1 fully saturated rings. The molecule has 0 unspecified atom stereocenters. The van der Waals surface area contributed by atoms with Crippen molar-refractivity contribution in [3.8, 4) is 5.69 Å². The average molecular weight is 461 g/mol. The predicted molar refractivity (Wildman–Crippen MR) is 114 cm³/mol. The minimum atomic E-state index is -4.03. The van der Waals surface area contributed by atoms with Crippen molar-refractivity contribution in [1.82, 2.24) is 19.2 Å². The number of nitrogens with zero attached hydrogens (tertiary/aromatic N) is 3. The van der Waals surface area contributed by atoms with E-state index in [0.717, 1.165) is 31.4 Å². The van der Waals surface area contributed by atoms with E-state index in [1.54, 1.807) is 18.3 Å². The molecule has 1 aliphatic rings. The lowest BCUT2D eigenvalue weighted by Gasteiger charge is -2.26. The second kappa shape index (κ2) is 9.17. The van der Waals surface area contributed by atoms with E-state index >= 15 is 0 Å². The van der Waals surface area contributed by atoms with Gasteiger partial charge in [-0.05, 0) is 48.7 Å². The molecule has 2 aromatic carbocycles. The Hall–Kier alpha value is -3.11. The number of piperidine rings is 1. The highest BCUT2D eigenvalue weighted by Crippen LogP contribution is 2.24. The second-order valence-electron chi connectivity index (χ2n) is 7.55. The van der Waals surface area contributed by atoms with Gasteiger partial charge >= 0.3 is 0 Å². The van der Waals surface area contributed by atoms with Gasteiger partial charge in [-0.3, -0.25) is 4.79 Å². The summed E-state index contributed by atoms with van der Waals surface area (Å²) in [6.45, 7) is 0.684. The summed E-state index contributed by atoms with van der Waals surface area (Å²) in [5.41, 5.74) is 0.851. The normalized spacial score (nSPS) is 14.9. The Morgan fingerprint density at radius 3 is 2.50 bits per heavy atom. The zero-order valence-corrected chi connectivity index (χ0v) is 18.0. The first-order valence-electron chi connectivity index (χ1n) is 10.2. The largest absolute Gasteiger partial charge is 0.348 e. The highest BCUT2D eigenvalue weighted by molar-refractivity contribution is 7.89. The lowest BCUT2D eigenvalue weighted by atomic mass is 10.1. The van der Waals surface area contributed by atoms with Crippen molar-refractivity contribution in [2.45, 2.75) is 30.7 Å². The van der Waals surface area contributed by atoms with Crippen LogP contribution in [0.3, 0.4) is 0 Å². The van der Waals surface area contributed by atoms with Crippen LogP contribution in [-0.4, -0.2) is 41.3 Å². The summed E-state index contributed by atoms with van der Waals surface area (Å²) in [5.74, 6) is -1.96. The fourth-order valence-corrected chi connectivity index (χ4v) is 5.25. The molecule has 3 aromatic rings. The minimum absolute atomic E-state index is 0.0116. The molecule has 32 heavy (non-hydrogen) atoms. The zero-order valence-electron chi connectivity index (χ0n) is 17.2. The predicted octanol–water partition coefficient (Wildman–Crippen LogP) is 3.26. The molecular weight excluding hydrogens is 438 g/mol. The van der Waals surface area contributed by atoms with Crippen molar-refractivity contribution >= 4 is 15.9 Å². The number of imidazole rings is 1. The first-order valence-corrected chi connectivity index (χ1v) is 11.6. The van der Waals surface area contributed by atoms with E-state index in [0.29, 0.717) is 24.3 Å². The average Bonchev–Trinajstić information content (AvgIpc) is 3.33. The van der Waals surface area contributed by atoms with Crippen molar-refractivity contribution < 1.29 is 22.0 Å². The third kappa shape index (κ3) is 4.56. The summed E-state index contributed by atoms with van der Waals surface area (Å²) in [6.07, 6.45) is 7.00. The quantitative estimate of drug-likeness (QED) is 0.612. The summed E-state index contributed by atoms with van der Waals surface area (Å²) >= 11 is 0. The van der Waals surface area contributed by atoms with Gasteiger partial charge in [0.2, 0.25) is 10.0 Å². The molecule has 10 heteroatoms. The molecule has 7 nitrogen and oxygen atoms in total. The van der Waals surface area contributed by atoms with Crippen LogP contribution in [0.25, 0.3) is 5.69 Å². The van der Waals surface area contributed by atoms with Gasteiger partial charge in [-0.2, -0.15) is 4.31 Å². The highest BCUT2D eigenvalue weighted by Gasteiger charge is 2.29. The van der Waals surface area contributed by atoms with Gasteiger partial charge in [-0.25, -0.2) is 22.2 Å². The molecule has 2 heterocycles. The molecule has 0 aliphatic carbocycles. The van der Waals surface area contributed by atoms with Crippen LogP contribution in [0.1, 0.15) is 35.2 Å². The molecule has 4 rings (SSSR count). The van der Waals surface area contributed by atoms with E-state index in [2.05, 4.69) is 10.3 Å². The number of hydrogen-bond donors (Lipinski definition) is 1. The number of aromatic nitrogens is 2. The number of hydrogen-bond acceptors (Lipinski definition) is 4.